The van der Waals surface area contributed by atoms with Crippen molar-refractivity contribution in [1.29, 1.82) is 0 Å². The lowest BCUT2D eigenvalue weighted by atomic mass is 10.1. The smallest absolute Gasteiger partial charge is 0.343 e. The molecule has 0 aromatic heterocycles. The molecule has 78 valence electrons. The predicted molar refractivity (Wildman–Crippen MR) is 55.8 cm³/mol. The van der Waals surface area contributed by atoms with Crippen LogP contribution in [0.2, 0.25) is 0 Å². The van der Waals surface area contributed by atoms with Gasteiger partial charge in [-0.2, -0.15) is 0 Å². The average molecular weight is 268 g/mol. The Bertz CT molecular complexity index is 165. The fourth-order valence-corrected chi connectivity index (χ4v) is 1.82. The molecule has 13 heavy (non-hydrogen) atoms. The van der Waals surface area contributed by atoms with Gasteiger partial charge in [0.25, 0.3) is 0 Å². The zero-order valence-electron chi connectivity index (χ0n) is 6.97. The van der Waals surface area contributed by atoms with Crippen molar-refractivity contribution in [3.8, 4) is 0 Å². The first-order chi connectivity index (χ1) is 6.04. The molecule has 0 rings (SSSR count). The van der Waals surface area contributed by atoms with Crippen LogP contribution in [0.4, 0.5) is 0 Å². The number of alkyl halides is 3. The van der Waals surface area contributed by atoms with Gasteiger partial charge in [-0.1, -0.05) is 13.3 Å². The molecule has 0 aromatic carbocycles. The Morgan fingerprint density at radius 1 is 1.38 bits per heavy atom. The highest BCUT2D eigenvalue weighted by molar-refractivity contribution is 6.40. The number of hydrogen-bond donors (Lipinski definition) is 0. The van der Waals surface area contributed by atoms with E-state index in [0.29, 0.717) is 6.42 Å². The molecule has 0 saturated heterocycles. The Kier molecular flexibility index (Phi) is 7.33. The summed E-state index contributed by atoms with van der Waals surface area (Å²) in [5.41, 5.74) is 0. The first kappa shape index (κ1) is 13.6. The summed E-state index contributed by atoms with van der Waals surface area (Å²) < 4.78 is 3.92. The zero-order valence-corrected chi connectivity index (χ0v) is 10.00. The van der Waals surface area contributed by atoms with E-state index < -0.39 is 16.7 Å². The second kappa shape index (κ2) is 6.99. The molecule has 3 unspecified atom stereocenters. The van der Waals surface area contributed by atoms with Crippen LogP contribution in [0.1, 0.15) is 19.8 Å². The lowest BCUT2D eigenvalue weighted by Crippen LogP contribution is -2.32. The lowest BCUT2D eigenvalue weighted by molar-refractivity contribution is -0.133. The van der Waals surface area contributed by atoms with Gasteiger partial charge in [-0.25, -0.2) is 4.79 Å². The SMILES string of the molecule is CCCC(Cl)C(Cl)C(Cl)C(=O)OCl. The molecule has 0 aromatic rings. The van der Waals surface area contributed by atoms with Crippen molar-refractivity contribution in [2.24, 2.45) is 0 Å². The Labute approximate surface area is 97.6 Å². The third-order valence-electron chi connectivity index (χ3n) is 1.49. The predicted octanol–water partition coefficient (Wildman–Crippen LogP) is 3.31. The molecule has 0 bridgehead atoms. The second-order valence-electron chi connectivity index (χ2n) is 2.55. The average Bonchev–Trinajstić information content (AvgIpc) is 2.14. The summed E-state index contributed by atoms with van der Waals surface area (Å²) in [6, 6.07) is 0. The number of carbonyl (C=O) groups excluding carboxylic acids is 1. The van der Waals surface area contributed by atoms with Gasteiger partial charge in [0, 0.05) is 0 Å². The molecule has 0 aliphatic rings. The Hall–Kier alpha value is 0.630. The van der Waals surface area contributed by atoms with Crippen LogP contribution in [0, 0.1) is 0 Å². The third kappa shape index (κ3) is 4.59. The minimum absolute atomic E-state index is 0.357. The largest absolute Gasteiger partial charge is 0.346 e. The van der Waals surface area contributed by atoms with Crippen LogP contribution < -0.4 is 0 Å². The fraction of sp³-hybridized carbons (Fsp3) is 0.857. The van der Waals surface area contributed by atoms with E-state index in [1.807, 2.05) is 6.92 Å². The highest BCUT2D eigenvalue weighted by Crippen LogP contribution is 2.23. The van der Waals surface area contributed by atoms with Crippen molar-refractivity contribution in [2.45, 2.75) is 35.9 Å². The number of hydrogen-bond acceptors (Lipinski definition) is 2. The zero-order chi connectivity index (χ0) is 10.4. The first-order valence-corrected chi connectivity index (χ1v) is 5.41. The van der Waals surface area contributed by atoms with Crippen molar-refractivity contribution in [1.82, 2.24) is 0 Å². The van der Waals surface area contributed by atoms with E-state index in [4.69, 9.17) is 46.7 Å². The standard InChI is InChI=1S/C7H10Cl4O2/c1-2-3-4(8)5(9)6(10)7(12)13-11/h4-6H,2-3H2,1H3. The second-order valence-corrected chi connectivity index (χ2v) is 4.24. The maximum Gasteiger partial charge on any atom is 0.343 e. The van der Waals surface area contributed by atoms with Gasteiger partial charge in [0.05, 0.1) is 10.8 Å². The van der Waals surface area contributed by atoms with Gasteiger partial charge < -0.3 is 4.29 Å². The van der Waals surface area contributed by atoms with E-state index in [0.717, 1.165) is 6.42 Å². The van der Waals surface area contributed by atoms with Gasteiger partial charge in [-0.15, -0.1) is 34.8 Å². The van der Waals surface area contributed by atoms with Crippen molar-refractivity contribution < 1.29 is 9.08 Å². The molecule has 0 aliphatic carbocycles. The summed E-state index contributed by atoms with van der Waals surface area (Å²) in [5, 5.41) is -2.03. The van der Waals surface area contributed by atoms with E-state index in [1.165, 1.54) is 0 Å². The van der Waals surface area contributed by atoms with Crippen molar-refractivity contribution in [3.05, 3.63) is 0 Å². The lowest BCUT2D eigenvalue weighted by Gasteiger charge is -2.17. The normalized spacial score (nSPS) is 17.6. The summed E-state index contributed by atoms with van der Waals surface area (Å²) >= 11 is 22.1. The van der Waals surface area contributed by atoms with Gasteiger partial charge in [0.1, 0.15) is 11.9 Å². The Balaban J connectivity index is 4.07. The molecule has 0 saturated carbocycles. The molecular weight excluding hydrogens is 258 g/mol. The van der Waals surface area contributed by atoms with E-state index in [1.54, 1.807) is 0 Å². The molecule has 0 N–H and O–H groups in total. The summed E-state index contributed by atoms with van der Waals surface area (Å²) in [7, 11) is 0. The summed E-state index contributed by atoms with van der Waals surface area (Å²) in [5.74, 6) is -0.773. The molecule has 3 atom stereocenters. The summed E-state index contributed by atoms with van der Waals surface area (Å²) in [6.07, 6.45) is 1.56. The topological polar surface area (TPSA) is 26.3 Å². The van der Waals surface area contributed by atoms with Crippen LogP contribution in [0.25, 0.3) is 0 Å². The van der Waals surface area contributed by atoms with Crippen LogP contribution in [0.15, 0.2) is 0 Å². The van der Waals surface area contributed by atoms with Crippen LogP contribution in [-0.4, -0.2) is 22.1 Å². The number of carbonyl (C=O) groups is 1. The maximum absolute atomic E-state index is 10.8. The number of rotatable bonds is 5. The quantitative estimate of drug-likeness (QED) is 0.715. The molecule has 0 radical (unpaired) electrons. The molecular formula is C7H10Cl4O2. The van der Waals surface area contributed by atoms with Gasteiger partial charge >= 0.3 is 5.97 Å². The third-order valence-corrected chi connectivity index (χ3v) is 3.40. The van der Waals surface area contributed by atoms with Crippen molar-refractivity contribution in [3.63, 3.8) is 0 Å². The number of halogens is 4. The molecule has 2 nitrogen and oxygen atoms in total. The van der Waals surface area contributed by atoms with E-state index in [2.05, 4.69) is 4.29 Å². The van der Waals surface area contributed by atoms with Crippen LogP contribution in [-0.2, 0) is 9.08 Å². The minimum atomic E-state index is -1.01. The maximum atomic E-state index is 10.8. The highest BCUT2D eigenvalue weighted by atomic mass is 35.5. The fourth-order valence-electron chi connectivity index (χ4n) is 0.791. The summed E-state index contributed by atoms with van der Waals surface area (Å²) in [6.45, 7) is 1.96. The minimum Gasteiger partial charge on any atom is -0.346 e. The van der Waals surface area contributed by atoms with Gasteiger partial charge in [-0.05, 0) is 6.42 Å². The Morgan fingerprint density at radius 3 is 2.31 bits per heavy atom. The molecule has 0 spiro atoms. The van der Waals surface area contributed by atoms with Crippen molar-refractivity contribution in [2.75, 3.05) is 0 Å². The van der Waals surface area contributed by atoms with Gasteiger partial charge in [0.15, 0.2) is 5.38 Å². The Morgan fingerprint density at radius 2 is 1.92 bits per heavy atom. The van der Waals surface area contributed by atoms with Crippen molar-refractivity contribution >= 4 is 52.6 Å². The van der Waals surface area contributed by atoms with Crippen LogP contribution in [0.5, 0.6) is 0 Å². The molecule has 0 heterocycles. The van der Waals surface area contributed by atoms with E-state index >= 15 is 0 Å². The monoisotopic (exact) mass is 266 g/mol. The van der Waals surface area contributed by atoms with Gasteiger partial charge in [0.2, 0.25) is 0 Å². The molecule has 0 fully saturated rings. The van der Waals surface area contributed by atoms with Crippen LogP contribution >= 0.6 is 46.7 Å². The van der Waals surface area contributed by atoms with Crippen LogP contribution in [0.3, 0.4) is 0 Å². The van der Waals surface area contributed by atoms with E-state index in [-0.39, 0.29) is 5.38 Å². The molecule has 0 amide bonds. The van der Waals surface area contributed by atoms with Gasteiger partial charge in [-0.3, -0.25) is 0 Å². The van der Waals surface area contributed by atoms with E-state index in [9.17, 15) is 4.79 Å². The summed E-state index contributed by atoms with van der Waals surface area (Å²) in [4.78, 5) is 10.8. The highest BCUT2D eigenvalue weighted by Gasteiger charge is 2.31. The first-order valence-electron chi connectivity index (χ1n) is 3.79. The molecule has 6 heteroatoms. The molecule has 0 aliphatic heterocycles.